The maximum Gasteiger partial charge on any atom is 0.223 e. The average Bonchev–Trinajstić information content (AvgIpc) is 3.07. The molecule has 5 heteroatoms. The Morgan fingerprint density at radius 1 is 1.41 bits per heavy atom. The number of benzene rings is 1. The van der Waals surface area contributed by atoms with Crippen molar-refractivity contribution in [2.75, 3.05) is 6.54 Å². The first-order valence-electron chi connectivity index (χ1n) is 7.83. The minimum absolute atomic E-state index is 0.119. The molecular weight excluding hydrogens is 276 g/mol. The molecule has 5 nitrogen and oxygen atoms in total. The molecule has 2 heterocycles. The molecule has 1 aromatic carbocycles. The van der Waals surface area contributed by atoms with Gasteiger partial charge in [0, 0.05) is 30.9 Å². The molecule has 1 aliphatic rings. The Kier molecular flexibility index (Phi) is 4.53. The number of aromatic nitrogens is 2. The summed E-state index contributed by atoms with van der Waals surface area (Å²) in [5.41, 5.74) is 2.08. The van der Waals surface area contributed by atoms with Crippen molar-refractivity contribution in [3.8, 4) is 5.69 Å². The lowest BCUT2D eigenvalue weighted by Gasteiger charge is -2.27. The normalized spacial score (nSPS) is 21.5. The number of hydrogen-bond donors (Lipinski definition) is 2. The van der Waals surface area contributed by atoms with Gasteiger partial charge in [-0.1, -0.05) is 18.2 Å². The number of rotatable bonds is 4. The van der Waals surface area contributed by atoms with Gasteiger partial charge >= 0.3 is 0 Å². The first-order chi connectivity index (χ1) is 10.7. The van der Waals surface area contributed by atoms with Crippen LogP contribution in [0.2, 0.25) is 0 Å². The van der Waals surface area contributed by atoms with Crippen LogP contribution in [0, 0.1) is 5.92 Å². The molecule has 0 spiro atoms. The summed E-state index contributed by atoms with van der Waals surface area (Å²) in [5, 5.41) is 10.7. The van der Waals surface area contributed by atoms with Gasteiger partial charge in [0.25, 0.3) is 0 Å². The average molecular weight is 298 g/mol. The fourth-order valence-electron chi connectivity index (χ4n) is 2.99. The number of amides is 1. The highest BCUT2D eigenvalue weighted by Gasteiger charge is 2.24. The van der Waals surface area contributed by atoms with E-state index in [0.717, 1.165) is 30.6 Å². The van der Waals surface area contributed by atoms with Crippen molar-refractivity contribution in [3.05, 3.63) is 48.3 Å². The molecule has 0 saturated carbocycles. The molecule has 1 aliphatic heterocycles. The molecule has 1 aromatic heterocycles. The summed E-state index contributed by atoms with van der Waals surface area (Å²) >= 11 is 0. The molecule has 22 heavy (non-hydrogen) atoms. The molecular formula is C17H22N4O. The Hall–Kier alpha value is -2.14. The summed E-state index contributed by atoms with van der Waals surface area (Å²) in [4.78, 5) is 12.4. The summed E-state index contributed by atoms with van der Waals surface area (Å²) in [5.74, 6) is 0.275. The number of carbonyl (C=O) groups is 1. The number of para-hydroxylation sites is 1. The first kappa shape index (κ1) is 14.8. The summed E-state index contributed by atoms with van der Waals surface area (Å²) < 4.78 is 1.83. The maximum atomic E-state index is 12.4. The van der Waals surface area contributed by atoms with E-state index in [2.05, 4.69) is 22.7 Å². The smallest absolute Gasteiger partial charge is 0.223 e. The van der Waals surface area contributed by atoms with Crippen molar-refractivity contribution < 1.29 is 4.79 Å². The zero-order valence-corrected chi connectivity index (χ0v) is 12.8. The van der Waals surface area contributed by atoms with Crippen LogP contribution in [0.4, 0.5) is 0 Å². The van der Waals surface area contributed by atoms with Crippen LogP contribution in [0.5, 0.6) is 0 Å². The second kappa shape index (κ2) is 6.75. The lowest BCUT2D eigenvalue weighted by atomic mass is 9.92. The van der Waals surface area contributed by atoms with Gasteiger partial charge in [0.15, 0.2) is 0 Å². The quantitative estimate of drug-likeness (QED) is 0.906. The van der Waals surface area contributed by atoms with Gasteiger partial charge in [-0.2, -0.15) is 5.10 Å². The number of nitrogens with zero attached hydrogens (tertiary/aromatic N) is 2. The van der Waals surface area contributed by atoms with Crippen LogP contribution in [0.25, 0.3) is 5.69 Å². The van der Waals surface area contributed by atoms with Crippen LogP contribution in [-0.2, 0) is 11.3 Å². The van der Waals surface area contributed by atoms with Gasteiger partial charge in [-0.3, -0.25) is 4.79 Å². The van der Waals surface area contributed by atoms with E-state index in [9.17, 15) is 4.79 Å². The SMILES string of the molecule is C[C@H]1C[C@@H](C(=O)NCc2ccccc2-n2cccn2)CCN1. The summed E-state index contributed by atoms with van der Waals surface area (Å²) in [6.45, 7) is 3.59. The minimum atomic E-state index is 0.119. The van der Waals surface area contributed by atoms with Gasteiger partial charge < -0.3 is 10.6 Å². The molecule has 1 fully saturated rings. The molecule has 1 saturated heterocycles. The van der Waals surface area contributed by atoms with Crippen LogP contribution in [0.15, 0.2) is 42.7 Å². The summed E-state index contributed by atoms with van der Waals surface area (Å²) in [6, 6.07) is 10.3. The van der Waals surface area contributed by atoms with E-state index in [-0.39, 0.29) is 11.8 Å². The van der Waals surface area contributed by atoms with E-state index in [1.807, 2.05) is 41.2 Å². The Balaban J connectivity index is 1.65. The van der Waals surface area contributed by atoms with Crippen molar-refractivity contribution in [2.24, 2.45) is 5.92 Å². The fraction of sp³-hybridized carbons (Fsp3) is 0.412. The van der Waals surface area contributed by atoms with E-state index >= 15 is 0 Å². The van der Waals surface area contributed by atoms with Crippen LogP contribution in [-0.4, -0.2) is 28.3 Å². The predicted molar refractivity (Wildman–Crippen MR) is 85.6 cm³/mol. The highest BCUT2D eigenvalue weighted by atomic mass is 16.1. The zero-order valence-electron chi connectivity index (χ0n) is 12.8. The number of carbonyl (C=O) groups excluding carboxylic acids is 1. The van der Waals surface area contributed by atoms with Crippen molar-refractivity contribution >= 4 is 5.91 Å². The van der Waals surface area contributed by atoms with Crippen LogP contribution in [0.1, 0.15) is 25.3 Å². The van der Waals surface area contributed by atoms with E-state index in [0.29, 0.717) is 12.6 Å². The second-order valence-electron chi connectivity index (χ2n) is 5.87. The second-order valence-corrected chi connectivity index (χ2v) is 5.87. The maximum absolute atomic E-state index is 12.4. The number of piperidine rings is 1. The molecule has 3 rings (SSSR count). The van der Waals surface area contributed by atoms with Crippen LogP contribution < -0.4 is 10.6 Å². The fourth-order valence-corrected chi connectivity index (χ4v) is 2.99. The molecule has 0 aliphatic carbocycles. The number of hydrogen-bond acceptors (Lipinski definition) is 3. The van der Waals surface area contributed by atoms with E-state index < -0.39 is 0 Å². The summed E-state index contributed by atoms with van der Waals surface area (Å²) in [7, 11) is 0. The van der Waals surface area contributed by atoms with Crippen molar-refractivity contribution in [3.63, 3.8) is 0 Å². The molecule has 2 atom stereocenters. The standard InChI is InChI=1S/C17H22N4O/c1-13-11-14(7-9-18-13)17(22)19-12-15-5-2-3-6-16(15)21-10-4-8-20-21/h2-6,8,10,13-14,18H,7,9,11-12H2,1H3,(H,19,22)/t13-,14-/m0/s1. The van der Waals surface area contributed by atoms with Gasteiger partial charge in [-0.15, -0.1) is 0 Å². The van der Waals surface area contributed by atoms with E-state index in [1.165, 1.54) is 0 Å². The van der Waals surface area contributed by atoms with Crippen molar-refractivity contribution in [1.82, 2.24) is 20.4 Å². The molecule has 116 valence electrons. The van der Waals surface area contributed by atoms with Gasteiger partial charge in [-0.25, -0.2) is 4.68 Å². The lowest BCUT2D eigenvalue weighted by molar-refractivity contribution is -0.126. The Morgan fingerprint density at radius 2 is 2.27 bits per heavy atom. The predicted octanol–water partition coefficient (Wildman–Crippen LogP) is 1.88. The minimum Gasteiger partial charge on any atom is -0.352 e. The first-order valence-corrected chi connectivity index (χ1v) is 7.83. The van der Waals surface area contributed by atoms with Crippen molar-refractivity contribution in [2.45, 2.75) is 32.4 Å². The van der Waals surface area contributed by atoms with E-state index in [4.69, 9.17) is 0 Å². The Bertz CT molecular complexity index is 623. The van der Waals surface area contributed by atoms with Gasteiger partial charge in [0.05, 0.1) is 5.69 Å². The molecule has 0 unspecified atom stereocenters. The van der Waals surface area contributed by atoms with Gasteiger partial charge in [0.1, 0.15) is 0 Å². The Morgan fingerprint density at radius 3 is 3.05 bits per heavy atom. The molecule has 0 bridgehead atoms. The van der Waals surface area contributed by atoms with Crippen molar-refractivity contribution in [1.29, 1.82) is 0 Å². The Labute approximate surface area is 130 Å². The van der Waals surface area contributed by atoms with Crippen LogP contribution >= 0.6 is 0 Å². The highest BCUT2D eigenvalue weighted by Crippen LogP contribution is 2.17. The largest absolute Gasteiger partial charge is 0.352 e. The van der Waals surface area contributed by atoms with E-state index in [1.54, 1.807) is 6.20 Å². The topological polar surface area (TPSA) is 59.0 Å². The molecule has 0 radical (unpaired) electrons. The third-order valence-corrected chi connectivity index (χ3v) is 4.19. The lowest BCUT2D eigenvalue weighted by Crippen LogP contribution is -2.42. The van der Waals surface area contributed by atoms with Crippen LogP contribution in [0.3, 0.4) is 0 Å². The molecule has 2 N–H and O–H groups in total. The monoisotopic (exact) mass is 298 g/mol. The molecule has 1 amide bonds. The van der Waals surface area contributed by atoms with Gasteiger partial charge in [0.2, 0.25) is 5.91 Å². The van der Waals surface area contributed by atoms with Gasteiger partial charge in [-0.05, 0) is 44.0 Å². The zero-order chi connectivity index (χ0) is 15.4. The summed E-state index contributed by atoms with van der Waals surface area (Å²) in [6.07, 6.45) is 5.49. The molecule has 2 aromatic rings. The third-order valence-electron chi connectivity index (χ3n) is 4.19. The third kappa shape index (κ3) is 3.36. The highest BCUT2D eigenvalue weighted by molar-refractivity contribution is 5.78. The number of nitrogens with one attached hydrogen (secondary N) is 2.